The average Bonchev–Trinajstić information content (AvgIpc) is 2.79. The Morgan fingerprint density at radius 3 is 2.38 bits per heavy atom. The summed E-state index contributed by atoms with van der Waals surface area (Å²) in [6.07, 6.45) is 4.55. The summed E-state index contributed by atoms with van der Waals surface area (Å²) >= 11 is 3.55. The summed E-state index contributed by atoms with van der Waals surface area (Å²) in [4.78, 5) is 17.7. The van der Waals surface area contributed by atoms with Gasteiger partial charge in [-0.1, -0.05) is 59.3 Å². The van der Waals surface area contributed by atoms with Gasteiger partial charge in [0.2, 0.25) is 5.91 Å². The molecule has 2 aromatic carbocycles. The van der Waals surface area contributed by atoms with Gasteiger partial charge in [0.05, 0.1) is 0 Å². The molecule has 2 saturated heterocycles. The Bertz CT molecular complexity index is 877. The van der Waals surface area contributed by atoms with Crippen LogP contribution in [0, 0.1) is 11.8 Å². The van der Waals surface area contributed by atoms with Crippen LogP contribution in [0.4, 0.5) is 0 Å². The van der Waals surface area contributed by atoms with E-state index in [0.717, 1.165) is 49.4 Å². The number of likely N-dealkylation sites (tertiary alicyclic amines) is 2. The number of carbonyl (C=O) groups excluding carboxylic acids is 1. The number of amides is 1. The lowest BCUT2D eigenvalue weighted by Gasteiger charge is -2.31. The summed E-state index contributed by atoms with van der Waals surface area (Å²) in [6.45, 7) is 9.35. The number of hydrogen-bond donors (Lipinski definition) is 1. The Labute approximate surface area is 201 Å². The van der Waals surface area contributed by atoms with Crippen molar-refractivity contribution < 1.29 is 4.79 Å². The van der Waals surface area contributed by atoms with E-state index < -0.39 is 0 Å². The smallest absolute Gasteiger partial charge is 0.223 e. The summed E-state index contributed by atoms with van der Waals surface area (Å²) in [5.74, 6) is 1.15. The fourth-order valence-electron chi connectivity index (χ4n) is 5.03. The highest BCUT2D eigenvalue weighted by Crippen LogP contribution is 2.21. The van der Waals surface area contributed by atoms with Gasteiger partial charge in [-0.25, -0.2) is 0 Å². The minimum Gasteiger partial charge on any atom is -0.352 e. The number of benzene rings is 2. The normalized spacial score (nSPS) is 20.9. The average molecular weight is 499 g/mol. The van der Waals surface area contributed by atoms with Crippen LogP contribution in [0.25, 0.3) is 0 Å². The van der Waals surface area contributed by atoms with Crippen LogP contribution in [-0.2, 0) is 24.4 Å². The third kappa shape index (κ3) is 6.90. The third-order valence-corrected chi connectivity index (χ3v) is 7.38. The topological polar surface area (TPSA) is 35.6 Å². The standard InChI is InChI=1S/C27H36BrN3O/c1-21-4-3-13-31(18-21)19-23-9-7-22(8-10-23)17-29-27(32)25-11-14-30(15-12-25)20-24-5-2-6-26(28)16-24/h2,5-10,16,21,25H,3-4,11-15,17-20H2,1H3,(H,29,32). The Kier molecular flexibility index (Phi) is 8.39. The van der Waals surface area contributed by atoms with Crippen molar-refractivity contribution in [2.45, 2.75) is 52.2 Å². The maximum absolute atomic E-state index is 12.7. The van der Waals surface area contributed by atoms with Crippen LogP contribution >= 0.6 is 15.9 Å². The van der Waals surface area contributed by atoms with Gasteiger partial charge in [0, 0.05) is 36.6 Å². The number of nitrogens with one attached hydrogen (secondary N) is 1. The van der Waals surface area contributed by atoms with E-state index in [0.29, 0.717) is 6.54 Å². The minimum atomic E-state index is 0.133. The van der Waals surface area contributed by atoms with E-state index in [2.05, 4.69) is 86.5 Å². The maximum Gasteiger partial charge on any atom is 0.223 e. The molecule has 0 spiro atoms. The minimum absolute atomic E-state index is 0.133. The zero-order valence-electron chi connectivity index (χ0n) is 19.2. The van der Waals surface area contributed by atoms with Gasteiger partial charge >= 0.3 is 0 Å². The van der Waals surface area contributed by atoms with Crippen molar-refractivity contribution >= 4 is 21.8 Å². The molecule has 1 atom stereocenters. The number of nitrogens with zero attached hydrogens (tertiary/aromatic N) is 2. The zero-order valence-corrected chi connectivity index (χ0v) is 20.8. The first-order valence-electron chi connectivity index (χ1n) is 12.1. The van der Waals surface area contributed by atoms with Gasteiger partial charge in [0.15, 0.2) is 0 Å². The lowest BCUT2D eigenvalue weighted by atomic mass is 9.95. The summed E-state index contributed by atoms with van der Waals surface area (Å²) in [5.41, 5.74) is 3.87. The van der Waals surface area contributed by atoms with E-state index in [4.69, 9.17) is 0 Å². The molecular weight excluding hydrogens is 462 g/mol. The molecule has 0 aliphatic carbocycles. The Morgan fingerprint density at radius 2 is 1.66 bits per heavy atom. The summed E-state index contributed by atoms with van der Waals surface area (Å²) in [7, 11) is 0. The monoisotopic (exact) mass is 497 g/mol. The summed E-state index contributed by atoms with van der Waals surface area (Å²) < 4.78 is 1.12. The van der Waals surface area contributed by atoms with E-state index >= 15 is 0 Å². The number of rotatable bonds is 7. The molecule has 2 aliphatic heterocycles. The van der Waals surface area contributed by atoms with Gasteiger partial charge in [-0.15, -0.1) is 0 Å². The number of carbonyl (C=O) groups is 1. The maximum atomic E-state index is 12.7. The first-order valence-corrected chi connectivity index (χ1v) is 12.9. The highest BCUT2D eigenvalue weighted by Gasteiger charge is 2.24. The molecule has 172 valence electrons. The van der Waals surface area contributed by atoms with Crippen molar-refractivity contribution in [2.24, 2.45) is 11.8 Å². The molecule has 2 aliphatic rings. The van der Waals surface area contributed by atoms with Crippen LogP contribution in [0.1, 0.15) is 49.3 Å². The van der Waals surface area contributed by atoms with Gasteiger partial charge in [-0.3, -0.25) is 14.6 Å². The predicted molar refractivity (Wildman–Crippen MR) is 134 cm³/mol. The largest absolute Gasteiger partial charge is 0.352 e. The van der Waals surface area contributed by atoms with Crippen LogP contribution < -0.4 is 5.32 Å². The first kappa shape index (κ1) is 23.5. The van der Waals surface area contributed by atoms with Crippen molar-refractivity contribution in [2.75, 3.05) is 26.2 Å². The van der Waals surface area contributed by atoms with Crippen molar-refractivity contribution in [3.63, 3.8) is 0 Å². The molecule has 4 nitrogen and oxygen atoms in total. The van der Waals surface area contributed by atoms with Gasteiger partial charge in [-0.05, 0) is 80.1 Å². The number of halogens is 1. The second kappa shape index (κ2) is 11.4. The molecule has 0 radical (unpaired) electrons. The van der Waals surface area contributed by atoms with Crippen LogP contribution in [0.2, 0.25) is 0 Å². The van der Waals surface area contributed by atoms with Crippen molar-refractivity contribution in [3.05, 3.63) is 69.7 Å². The molecule has 0 saturated carbocycles. The first-order chi connectivity index (χ1) is 15.5. The second-order valence-corrected chi connectivity index (χ2v) is 10.6. The van der Waals surface area contributed by atoms with E-state index in [-0.39, 0.29) is 11.8 Å². The Balaban J connectivity index is 1.18. The molecule has 2 aromatic rings. The summed E-state index contributed by atoms with van der Waals surface area (Å²) in [5, 5.41) is 3.17. The molecule has 1 amide bonds. The molecule has 2 fully saturated rings. The van der Waals surface area contributed by atoms with Crippen molar-refractivity contribution in [3.8, 4) is 0 Å². The van der Waals surface area contributed by atoms with Gasteiger partial charge in [0.1, 0.15) is 0 Å². The van der Waals surface area contributed by atoms with E-state index in [1.165, 1.54) is 42.6 Å². The second-order valence-electron chi connectivity index (χ2n) is 9.70. The fourth-order valence-corrected chi connectivity index (χ4v) is 5.48. The molecule has 32 heavy (non-hydrogen) atoms. The van der Waals surface area contributed by atoms with Crippen LogP contribution in [0.5, 0.6) is 0 Å². The van der Waals surface area contributed by atoms with Crippen LogP contribution in [0.3, 0.4) is 0 Å². The van der Waals surface area contributed by atoms with Gasteiger partial charge in [-0.2, -0.15) is 0 Å². The lowest BCUT2D eigenvalue weighted by Crippen LogP contribution is -2.40. The van der Waals surface area contributed by atoms with Crippen LogP contribution in [0.15, 0.2) is 53.0 Å². The molecular formula is C27H36BrN3O. The van der Waals surface area contributed by atoms with Gasteiger partial charge < -0.3 is 5.32 Å². The zero-order chi connectivity index (χ0) is 22.3. The molecule has 1 N–H and O–H groups in total. The molecule has 5 heteroatoms. The third-order valence-electron chi connectivity index (χ3n) is 6.89. The Hall–Kier alpha value is -1.69. The number of hydrogen-bond acceptors (Lipinski definition) is 3. The molecule has 2 heterocycles. The van der Waals surface area contributed by atoms with Crippen molar-refractivity contribution in [1.82, 2.24) is 15.1 Å². The highest BCUT2D eigenvalue weighted by atomic mass is 79.9. The predicted octanol–water partition coefficient (Wildman–Crippen LogP) is 5.21. The highest BCUT2D eigenvalue weighted by molar-refractivity contribution is 9.10. The molecule has 4 rings (SSSR count). The van der Waals surface area contributed by atoms with E-state index in [1.807, 2.05) is 0 Å². The summed E-state index contributed by atoms with van der Waals surface area (Å²) in [6, 6.07) is 17.3. The van der Waals surface area contributed by atoms with Crippen molar-refractivity contribution in [1.29, 1.82) is 0 Å². The van der Waals surface area contributed by atoms with E-state index in [1.54, 1.807) is 0 Å². The Morgan fingerprint density at radius 1 is 0.938 bits per heavy atom. The lowest BCUT2D eigenvalue weighted by molar-refractivity contribution is -0.126. The van der Waals surface area contributed by atoms with Gasteiger partial charge in [0.25, 0.3) is 0 Å². The quantitative estimate of drug-likeness (QED) is 0.570. The fraction of sp³-hybridized carbons (Fsp3) is 0.519. The van der Waals surface area contributed by atoms with Crippen LogP contribution in [-0.4, -0.2) is 41.9 Å². The SMILES string of the molecule is CC1CCCN(Cc2ccc(CNC(=O)C3CCN(Cc4cccc(Br)c4)CC3)cc2)C1. The molecule has 0 aromatic heterocycles. The number of piperidine rings is 2. The molecule has 0 bridgehead atoms. The van der Waals surface area contributed by atoms with E-state index in [9.17, 15) is 4.79 Å². The molecule has 1 unspecified atom stereocenters.